The fourth-order valence-corrected chi connectivity index (χ4v) is 5.11. The van der Waals surface area contributed by atoms with Crippen LogP contribution in [-0.2, 0) is 16.1 Å². The maximum atomic E-state index is 14.2. The first kappa shape index (κ1) is 23.5. The molecule has 0 saturated heterocycles. The van der Waals surface area contributed by atoms with Gasteiger partial charge in [0, 0.05) is 19.1 Å². The Balaban J connectivity index is 1.55. The summed E-state index contributed by atoms with van der Waals surface area (Å²) in [6, 6.07) is 2.89. The Hall–Kier alpha value is -2.15. The molecule has 1 unspecified atom stereocenters. The number of hydrogen-bond acceptors (Lipinski definition) is 5. The minimum atomic E-state index is -0.809. The summed E-state index contributed by atoms with van der Waals surface area (Å²) in [5.74, 6) is -0.808. The molecule has 1 aliphatic heterocycles. The lowest BCUT2D eigenvalue weighted by Crippen LogP contribution is -2.50. The lowest BCUT2D eigenvalue weighted by atomic mass is 9.77. The second-order valence-corrected chi connectivity index (χ2v) is 9.33. The van der Waals surface area contributed by atoms with E-state index < -0.39 is 11.6 Å². The molecule has 2 aliphatic rings. The van der Waals surface area contributed by atoms with Crippen LogP contribution in [0.4, 0.5) is 4.39 Å². The largest absolute Gasteiger partial charge is 0.505 e. The number of esters is 1. The number of hydrogen-bond donors (Lipinski definition) is 2. The normalized spacial score (nSPS) is 23.0. The number of carbonyl (C=O) groups excluding carboxylic acids is 2. The van der Waals surface area contributed by atoms with Crippen molar-refractivity contribution in [1.29, 1.82) is 0 Å². The van der Waals surface area contributed by atoms with Crippen LogP contribution in [0.25, 0.3) is 0 Å². The number of carbonyl (C=O) groups is 2. The maximum absolute atomic E-state index is 14.2. The van der Waals surface area contributed by atoms with Crippen molar-refractivity contribution in [3.63, 3.8) is 0 Å². The van der Waals surface area contributed by atoms with Gasteiger partial charge in [-0.3, -0.25) is 9.59 Å². The van der Waals surface area contributed by atoms with Crippen LogP contribution in [0.15, 0.2) is 12.1 Å². The van der Waals surface area contributed by atoms with E-state index in [4.69, 9.17) is 4.74 Å². The van der Waals surface area contributed by atoms with Gasteiger partial charge < -0.3 is 20.1 Å². The number of phenols is 1. The molecule has 6 nitrogen and oxygen atoms in total. The van der Waals surface area contributed by atoms with E-state index in [1.165, 1.54) is 13.2 Å². The molecular weight excluding hydrogens is 399 g/mol. The van der Waals surface area contributed by atoms with Gasteiger partial charge in [-0.25, -0.2) is 4.39 Å². The highest BCUT2D eigenvalue weighted by atomic mass is 19.1. The standard InChI is InChI=1S/C24H35FN2O4/c1-5-18(26-22(14(2)3)24(30)31-4)16-8-6-15(7-9-16)12-27-13-17-10-11-19(28)21(25)20(17)23(27)29/h10-11,14-16,18,22,26,28H,5-9,12-13H2,1-4H3/t15?,16?,18?,22-/m1/s1. The minimum absolute atomic E-state index is 0.0199. The Bertz CT molecular complexity index is 805. The summed E-state index contributed by atoms with van der Waals surface area (Å²) in [4.78, 5) is 26.5. The number of aromatic hydroxyl groups is 1. The Labute approximate surface area is 184 Å². The molecule has 0 bridgehead atoms. The van der Waals surface area contributed by atoms with Crippen LogP contribution < -0.4 is 5.32 Å². The predicted octanol–water partition coefficient (Wildman–Crippen LogP) is 3.86. The van der Waals surface area contributed by atoms with Crippen molar-refractivity contribution in [2.24, 2.45) is 17.8 Å². The second kappa shape index (κ2) is 9.98. The quantitative estimate of drug-likeness (QED) is 0.608. The number of nitrogens with one attached hydrogen (secondary N) is 1. The van der Waals surface area contributed by atoms with Gasteiger partial charge in [0.15, 0.2) is 11.6 Å². The highest BCUT2D eigenvalue weighted by Gasteiger charge is 2.35. The third-order valence-corrected chi connectivity index (χ3v) is 6.96. The molecule has 1 aliphatic carbocycles. The molecule has 1 saturated carbocycles. The van der Waals surface area contributed by atoms with Gasteiger partial charge in [0.2, 0.25) is 0 Å². The first-order valence-corrected chi connectivity index (χ1v) is 11.4. The monoisotopic (exact) mass is 434 g/mol. The number of ether oxygens (including phenoxy) is 1. The number of fused-ring (bicyclic) bond motifs is 1. The van der Waals surface area contributed by atoms with Gasteiger partial charge >= 0.3 is 5.97 Å². The molecule has 1 fully saturated rings. The SMILES string of the molecule is CCC(N[C@@H](C(=O)OC)C(C)C)C1CCC(CN2Cc3ccc(O)c(F)c3C2=O)CC1. The van der Waals surface area contributed by atoms with E-state index in [1.54, 1.807) is 11.0 Å². The van der Waals surface area contributed by atoms with Crippen LogP contribution in [0.1, 0.15) is 68.8 Å². The van der Waals surface area contributed by atoms with Crippen LogP contribution in [0, 0.1) is 23.6 Å². The molecule has 0 spiro atoms. The third kappa shape index (κ3) is 5.03. The molecular formula is C24H35FN2O4. The molecule has 1 heterocycles. The topological polar surface area (TPSA) is 78.9 Å². The molecule has 0 radical (unpaired) electrons. The Morgan fingerprint density at radius 2 is 1.97 bits per heavy atom. The third-order valence-electron chi connectivity index (χ3n) is 6.96. The number of methoxy groups -OCH3 is 1. The summed E-state index contributed by atoms with van der Waals surface area (Å²) in [6.07, 6.45) is 5.01. The van der Waals surface area contributed by atoms with Gasteiger partial charge in [-0.15, -0.1) is 0 Å². The van der Waals surface area contributed by atoms with E-state index in [-0.39, 0.29) is 35.4 Å². The number of phenolic OH excluding ortho intramolecular Hbond substituents is 1. The summed E-state index contributed by atoms with van der Waals surface area (Å²) in [7, 11) is 1.43. The molecule has 1 aromatic rings. The van der Waals surface area contributed by atoms with Crippen LogP contribution in [0.2, 0.25) is 0 Å². The van der Waals surface area contributed by atoms with E-state index >= 15 is 0 Å². The Morgan fingerprint density at radius 3 is 2.55 bits per heavy atom. The molecule has 3 rings (SSSR count). The van der Waals surface area contributed by atoms with Gasteiger partial charge in [0.1, 0.15) is 6.04 Å². The molecule has 2 atom stereocenters. The van der Waals surface area contributed by atoms with E-state index in [0.717, 1.165) is 32.1 Å². The van der Waals surface area contributed by atoms with Crippen molar-refractivity contribution in [1.82, 2.24) is 10.2 Å². The first-order chi connectivity index (χ1) is 14.8. The molecule has 31 heavy (non-hydrogen) atoms. The number of amides is 1. The van der Waals surface area contributed by atoms with E-state index in [2.05, 4.69) is 12.2 Å². The zero-order valence-corrected chi connectivity index (χ0v) is 19.0. The van der Waals surface area contributed by atoms with E-state index in [1.807, 2.05) is 13.8 Å². The van der Waals surface area contributed by atoms with Gasteiger partial charge in [0.05, 0.1) is 12.7 Å². The molecule has 172 valence electrons. The van der Waals surface area contributed by atoms with Crippen molar-refractivity contribution in [2.75, 3.05) is 13.7 Å². The number of rotatable bonds is 8. The predicted molar refractivity (Wildman–Crippen MR) is 116 cm³/mol. The van der Waals surface area contributed by atoms with Crippen molar-refractivity contribution in [3.05, 3.63) is 29.1 Å². The fourth-order valence-electron chi connectivity index (χ4n) is 5.11. The summed E-state index contributed by atoms with van der Waals surface area (Å²) < 4.78 is 19.2. The maximum Gasteiger partial charge on any atom is 0.323 e. The zero-order valence-electron chi connectivity index (χ0n) is 19.0. The van der Waals surface area contributed by atoms with Gasteiger partial charge in [-0.2, -0.15) is 0 Å². The lowest BCUT2D eigenvalue weighted by Gasteiger charge is -2.37. The summed E-state index contributed by atoms with van der Waals surface area (Å²) in [5, 5.41) is 13.1. The zero-order chi connectivity index (χ0) is 22.7. The van der Waals surface area contributed by atoms with Gasteiger partial charge in [-0.05, 0) is 61.5 Å². The second-order valence-electron chi connectivity index (χ2n) is 9.33. The fraction of sp³-hybridized carbons (Fsp3) is 0.667. The highest BCUT2D eigenvalue weighted by Crippen LogP contribution is 2.35. The van der Waals surface area contributed by atoms with E-state index in [9.17, 15) is 19.1 Å². The number of nitrogens with zero attached hydrogens (tertiary/aromatic N) is 1. The number of halogens is 1. The molecule has 0 aromatic heterocycles. The van der Waals surface area contributed by atoms with Crippen molar-refractivity contribution >= 4 is 11.9 Å². The Morgan fingerprint density at radius 1 is 1.29 bits per heavy atom. The van der Waals surface area contributed by atoms with Crippen molar-refractivity contribution < 1.29 is 23.8 Å². The average molecular weight is 435 g/mol. The minimum Gasteiger partial charge on any atom is -0.505 e. The van der Waals surface area contributed by atoms with Crippen LogP contribution in [-0.4, -0.2) is 47.6 Å². The van der Waals surface area contributed by atoms with Crippen LogP contribution in [0.5, 0.6) is 5.75 Å². The summed E-state index contributed by atoms with van der Waals surface area (Å²) in [6.45, 7) is 7.20. The number of benzene rings is 1. The lowest BCUT2D eigenvalue weighted by molar-refractivity contribution is -0.144. The van der Waals surface area contributed by atoms with Crippen LogP contribution >= 0.6 is 0 Å². The highest BCUT2D eigenvalue weighted by molar-refractivity contribution is 5.99. The van der Waals surface area contributed by atoms with Gasteiger partial charge in [-0.1, -0.05) is 26.8 Å². The molecule has 7 heteroatoms. The summed E-state index contributed by atoms with van der Waals surface area (Å²) in [5.41, 5.74) is 0.665. The van der Waals surface area contributed by atoms with Crippen molar-refractivity contribution in [2.45, 2.75) is 71.5 Å². The average Bonchev–Trinajstić information content (AvgIpc) is 3.07. The van der Waals surface area contributed by atoms with Crippen molar-refractivity contribution in [3.8, 4) is 5.75 Å². The molecule has 2 N–H and O–H groups in total. The smallest absolute Gasteiger partial charge is 0.323 e. The van der Waals surface area contributed by atoms with Crippen LogP contribution in [0.3, 0.4) is 0 Å². The molecule has 1 aromatic carbocycles. The molecule has 1 amide bonds. The van der Waals surface area contributed by atoms with Gasteiger partial charge in [0.25, 0.3) is 5.91 Å². The summed E-state index contributed by atoms with van der Waals surface area (Å²) >= 11 is 0. The first-order valence-electron chi connectivity index (χ1n) is 11.4. The van der Waals surface area contributed by atoms with E-state index in [0.29, 0.717) is 30.5 Å². The Kier molecular flexibility index (Phi) is 7.57.